The van der Waals surface area contributed by atoms with E-state index in [9.17, 15) is 8.42 Å². The van der Waals surface area contributed by atoms with E-state index >= 15 is 0 Å². The monoisotopic (exact) mass is 275 g/mol. The van der Waals surface area contributed by atoms with Crippen molar-refractivity contribution in [1.29, 1.82) is 0 Å². The van der Waals surface area contributed by atoms with Crippen molar-refractivity contribution >= 4 is 15.7 Å². The number of nitrogens with zero attached hydrogens (tertiary/aromatic N) is 1. The van der Waals surface area contributed by atoms with Crippen LogP contribution in [0.1, 0.15) is 13.8 Å². The van der Waals surface area contributed by atoms with Crippen LogP contribution in [0.15, 0.2) is 65.6 Å². The maximum atomic E-state index is 12.7. The maximum absolute atomic E-state index is 12.7. The molecule has 0 heterocycles. The molecule has 2 aromatic rings. The van der Waals surface area contributed by atoms with Crippen molar-refractivity contribution in [3.8, 4) is 0 Å². The average molecular weight is 275 g/mol. The number of hydrogen-bond acceptors (Lipinski definition) is 2. The summed E-state index contributed by atoms with van der Waals surface area (Å²) >= 11 is 0. The smallest absolute Gasteiger partial charge is 0.264 e. The van der Waals surface area contributed by atoms with Crippen LogP contribution in [0.2, 0.25) is 0 Å². The molecule has 0 aromatic heterocycles. The average Bonchev–Trinajstić information content (AvgIpc) is 2.40. The van der Waals surface area contributed by atoms with E-state index in [0.29, 0.717) is 10.6 Å². The van der Waals surface area contributed by atoms with Crippen molar-refractivity contribution in [2.75, 3.05) is 4.31 Å². The van der Waals surface area contributed by atoms with Crippen molar-refractivity contribution in [1.82, 2.24) is 0 Å². The molecule has 0 fully saturated rings. The van der Waals surface area contributed by atoms with Crippen molar-refractivity contribution in [3.05, 3.63) is 60.7 Å². The van der Waals surface area contributed by atoms with Gasteiger partial charge >= 0.3 is 0 Å². The Labute approximate surface area is 114 Å². The van der Waals surface area contributed by atoms with Crippen molar-refractivity contribution in [3.63, 3.8) is 0 Å². The van der Waals surface area contributed by atoms with E-state index in [1.54, 1.807) is 42.5 Å². The van der Waals surface area contributed by atoms with Gasteiger partial charge in [0.25, 0.3) is 10.0 Å². The quantitative estimate of drug-likeness (QED) is 0.858. The van der Waals surface area contributed by atoms with Gasteiger partial charge in [0.2, 0.25) is 0 Å². The van der Waals surface area contributed by atoms with E-state index in [-0.39, 0.29) is 6.04 Å². The number of anilines is 1. The van der Waals surface area contributed by atoms with Gasteiger partial charge in [-0.3, -0.25) is 4.31 Å². The Hall–Kier alpha value is -1.81. The molecule has 0 amide bonds. The van der Waals surface area contributed by atoms with Gasteiger partial charge in [0.1, 0.15) is 0 Å². The molecule has 2 aromatic carbocycles. The lowest BCUT2D eigenvalue weighted by atomic mass is 10.3. The van der Waals surface area contributed by atoms with Crippen LogP contribution in [0.5, 0.6) is 0 Å². The SMILES string of the molecule is CC(C)N(c1ccccc1)S(=O)(=O)c1ccccc1. The van der Waals surface area contributed by atoms with Gasteiger partial charge in [0.15, 0.2) is 0 Å². The van der Waals surface area contributed by atoms with Gasteiger partial charge in [-0.1, -0.05) is 36.4 Å². The first-order valence-corrected chi connectivity index (χ1v) is 7.62. The van der Waals surface area contributed by atoms with Crippen LogP contribution in [0.3, 0.4) is 0 Å². The van der Waals surface area contributed by atoms with Crippen molar-refractivity contribution in [2.45, 2.75) is 24.8 Å². The summed E-state index contributed by atoms with van der Waals surface area (Å²) in [6.45, 7) is 3.74. The van der Waals surface area contributed by atoms with Crippen LogP contribution in [0.4, 0.5) is 5.69 Å². The van der Waals surface area contributed by atoms with E-state index in [1.807, 2.05) is 32.0 Å². The highest BCUT2D eigenvalue weighted by Crippen LogP contribution is 2.25. The highest BCUT2D eigenvalue weighted by Gasteiger charge is 2.26. The minimum atomic E-state index is -3.52. The number of benzene rings is 2. The Morgan fingerprint density at radius 1 is 0.842 bits per heavy atom. The lowest BCUT2D eigenvalue weighted by molar-refractivity contribution is 0.584. The molecular formula is C15H17NO2S. The summed E-state index contributed by atoms with van der Waals surface area (Å²) in [5, 5.41) is 0. The molecule has 0 N–H and O–H groups in total. The Morgan fingerprint density at radius 3 is 1.79 bits per heavy atom. The van der Waals surface area contributed by atoms with Crippen molar-refractivity contribution < 1.29 is 8.42 Å². The third kappa shape index (κ3) is 2.79. The second kappa shape index (κ2) is 5.45. The molecule has 0 atom stereocenters. The van der Waals surface area contributed by atoms with Crippen LogP contribution >= 0.6 is 0 Å². The third-order valence-corrected chi connectivity index (χ3v) is 4.80. The molecule has 2 rings (SSSR count). The van der Waals surface area contributed by atoms with Crippen molar-refractivity contribution in [2.24, 2.45) is 0 Å². The van der Waals surface area contributed by atoms with Crippen LogP contribution in [0.25, 0.3) is 0 Å². The summed E-state index contributed by atoms with van der Waals surface area (Å²) in [6.07, 6.45) is 0. The van der Waals surface area contributed by atoms with E-state index in [1.165, 1.54) is 4.31 Å². The predicted molar refractivity (Wildman–Crippen MR) is 77.7 cm³/mol. The first-order chi connectivity index (χ1) is 9.03. The lowest BCUT2D eigenvalue weighted by Crippen LogP contribution is -2.36. The van der Waals surface area contributed by atoms with Crippen LogP contribution in [0, 0.1) is 0 Å². The standard InChI is InChI=1S/C15H17NO2S/c1-13(2)16(14-9-5-3-6-10-14)19(17,18)15-11-7-4-8-12-15/h3-13H,1-2H3. The fourth-order valence-corrected chi connectivity index (χ4v) is 3.68. The van der Waals surface area contributed by atoms with Gasteiger partial charge in [-0.05, 0) is 38.1 Å². The van der Waals surface area contributed by atoms with E-state index in [2.05, 4.69) is 0 Å². The maximum Gasteiger partial charge on any atom is 0.264 e. The topological polar surface area (TPSA) is 37.4 Å². The van der Waals surface area contributed by atoms with E-state index < -0.39 is 10.0 Å². The number of rotatable bonds is 4. The van der Waals surface area contributed by atoms with Crippen LogP contribution < -0.4 is 4.31 Å². The largest absolute Gasteiger partial charge is 0.264 e. The van der Waals surface area contributed by atoms with Gasteiger partial charge in [0, 0.05) is 6.04 Å². The molecule has 0 aliphatic rings. The Balaban J connectivity index is 2.52. The zero-order valence-corrected chi connectivity index (χ0v) is 11.8. The molecule has 0 saturated heterocycles. The Morgan fingerprint density at radius 2 is 1.32 bits per heavy atom. The zero-order valence-electron chi connectivity index (χ0n) is 11.0. The molecule has 0 radical (unpaired) electrons. The van der Waals surface area contributed by atoms with Gasteiger partial charge in [0.05, 0.1) is 10.6 Å². The first kappa shape index (κ1) is 13.6. The predicted octanol–water partition coefficient (Wildman–Crippen LogP) is 3.29. The number of para-hydroxylation sites is 1. The molecule has 3 nitrogen and oxygen atoms in total. The second-order valence-electron chi connectivity index (χ2n) is 4.54. The summed E-state index contributed by atoms with van der Waals surface area (Å²) in [7, 11) is -3.52. The third-order valence-electron chi connectivity index (χ3n) is 2.78. The molecule has 0 bridgehead atoms. The first-order valence-electron chi connectivity index (χ1n) is 6.18. The van der Waals surface area contributed by atoms with Gasteiger partial charge in [-0.2, -0.15) is 0 Å². The van der Waals surface area contributed by atoms with Crippen LogP contribution in [-0.4, -0.2) is 14.5 Å². The van der Waals surface area contributed by atoms with E-state index in [0.717, 1.165) is 0 Å². The zero-order chi connectivity index (χ0) is 13.9. The molecule has 19 heavy (non-hydrogen) atoms. The Bertz CT molecular complexity index is 622. The highest BCUT2D eigenvalue weighted by molar-refractivity contribution is 7.92. The van der Waals surface area contributed by atoms with Crippen LogP contribution in [-0.2, 0) is 10.0 Å². The molecule has 0 spiro atoms. The lowest BCUT2D eigenvalue weighted by Gasteiger charge is -2.28. The molecule has 100 valence electrons. The second-order valence-corrected chi connectivity index (χ2v) is 6.36. The van der Waals surface area contributed by atoms with Gasteiger partial charge < -0.3 is 0 Å². The summed E-state index contributed by atoms with van der Waals surface area (Å²) in [6, 6.07) is 17.5. The minimum Gasteiger partial charge on any atom is -0.264 e. The normalized spacial score (nSPS) is 11.5. The molecule has 0 aliphatic heterocycles. The van der Waals surface area contributed by atoms with Gasteiger partial charge in [-0.25, -0.2) is 8.42 Å². The summed E-state index contributed by atoms with van der Waals surface area (Å²) in [4.78, 5) is 0.313. The summed E-state index contributed by atoms with van der Waals surface area (Å²) < 4.78 is 26.8. The summed E-state index contributed by atoms with van der Waals surface area (Å²) in [5.74, 6) is 0. The number of hydrogen-bond donors (Lipinski definition) is 0. The molecule has 0 aliphatic carbocycles. The summed E-state index contributed by atoms with van der Waals surface area (Å²) in [5.41, 5.74) is 0.682. The molecular weight excluding hydrogens is 258 g/mol. The highest BCUT2D eigenvalue weighted by atomic mass is 32.2. The fraction of sp³-hybridized carbons (Fsp3) is 0.200. The fourth-order valence-electron chi connectivity index (χ4n) is 2.00. The van der Waals surface area contributed by atoms with E-state index in [4.69, 9.17) is 0 Å². The molecule has 4 heteroatoms. The number of sulfonamides is 1. The molecule has 0 unspecified atom stereocenters. The molecule has 0 saturated carbocycles. The Kier molecular flexibility index (Phi) is 3.90. The van der Waals surface area contributed by atoms with Gasteiger partial charge in [-0.15, -0.1) is 0 Å². The minimum absolute atomic E-state index is 0.146.